The molecule has 0 aromatic heterocycles. The van der Waals surface area contributed by atoms with Crippen LogP contribution in [0.25, 0.3) is 0 Å². The summed E-state index contributed by atoms with van der Waals surface area (Å²) in [5.41, 5.74) is 0. The lowest BCUT2D eigenvalue weighted by Gasteiger charge is -2.03. The third-order valence-corrected chi connectivity index (χ3v) is 2.72. The van der Waals surface area contributed by atoms with Crippen LogP contribution in [0.2, 0.25) is 0 Å². The van der Waals surface area contributed by atoms with Crippen molar-refractivity contribution in [2.75, 3.05) is 18.1 Å². The third-order valence-electron chi connectivity index (χ3n) is 1.82. The van der Waals surface area contributed by atoms with Gasteiger partial charge in [-0.25, -0.2) is 0 Å². The molecule has 5 heteroatoms. The quantitative estimate of drug-likeness (QED) is 0.592. The topological polar surface area (TPSA) is 66.4 Å². The van der Waals surface area contributed by atoms with Crippen molar-refractivity contribution >= 4 is 23.6 Å². The van der Waals surface area contributed by atoms with Crippen LogP contribution in [0.5, 0.6) is 0 Å². The highest BCUT2D eigenvalue weighted by Crippen LogP contribution is 2.00. The molecule has 0 radical (unpaired) electrons. The van der Waals surface area contributed by atoms with Gasteiger partial charge in [-0.15, -0.1) is 0 Å². The van der Waals surface area contributed by atoms with E-state index in [1.165, 1.54) is 0 Å². The molecular formula is C10H19NO3S. The molecule has 0 saturated heterocycles. The molecule has 0 aliphatic rings. The molecule has 15 heavy (non-hydrogen) atoms. The molecule has 0 aliphatic heterocycles. The Kier molecular flexibility index (Phi) is 9.36. The van der Waals surface area contributed by atoms with E-state index in [1.807, 2.05) is 0 Å². The third kappa shape index (κ3) is 11.2. The first kappa shape index (κ1) is 14.3. The van der Waals surface area contributed by atoms with E-state index in [1.54, 1.807) is 11.8 Å². The first-order valence-corrected chi connectivity index (χ1v) is 6.38. The Hall–Kier alpha value is -0.710. The fraction of sp³-hybridized carbons (Fsp3) is 0.800. The number of hydrogen-bond donors (Lipinski definition) is 2. The molecule has 88 valence electrons. The van der Waals surface area contributed by atoms with E-state index in [0.717, 1.165) is 17.9 Å². The summed E-state index contributed by atoms with van der Waals surface area (Å²) >= 11 is 1.75. The van der Waals surface area contributed by atoms with Gasteiger partial charge in [-0.05, 0) is 18.6 Å². The van der Waals surface area contributed by atoms with Crippen LogP contribution in [0.3, 0.4) is 0 Å². The number of hydrogen-bond acceptors (Lipinski definition) is 3. The first-order valence-electron chi connectivity index (χ1n) is 5.23. The molecule has 0 bridgehead atoms. The van der Waals surface area contributed by atoms with Crippen LogP contribution in [0.15, 0.2) is 0 Å². The number of rotatable bonds is 9. The van der Waals surface area contributed by atoms with E-state index < -0.39 is 5.97 Å². The smallest absolute Gasteiger partial charge is 0.303 e. The van der Waals surface area contributed by atoms with Crippen LogP contribution in [0, 0.1) is 0 Å². The van der Waals surface area contributed by atoms with Gasteiger partial charge < -0.3 is 10.4 Å². The summed E-state index contributed by atoms with van der Waals surface area (Å²) in [6.45, 7) is 2.65. The van der Waals surface area contributed by atoms with Crippen molar-refractivity contribution < 1.29 is 14.7 Å². The average Bonchev–Trinajstić information content (AvgIpc) is 2.17. The van der Waals surface area contributed by atoms with Gasteiger partial charge in [0.05, 0.1) is 0 Å². The minimum absolute atomic E-state index is 0.0614. The SMILES string of the molecule is CCSCCC(=O)NCCCCC(=O)O. The van der Waals surface area contributed by atoms with Gasteiger partial charge in [0.15, 0.2) is 0 Å². The van der Waals surface area contributed by atoms with Gasteiger partial charge in [0, 0.05) is 25.1 Å². The van der Waals surface area contributed by atoms with E-state index in [-0.39, 0.29) is 12.3 Å². The van der Waals surface area contributed by atoms with Gasteiger partial charge in [-0.1, -0.05) is 6.92 Å². The minimum atomic E-state index is -0.777. The fourth-order valence-corrected chi connectivity index (χ4v) is 1.65. The van der Waals surface area contributed by atoms with Crippen molar-refractivity contribution in [3.8, 4) is 0 Å². The second kappa shape index (κ2) is 9.83. The maximum atomic E-state index is 11.2. The zero-order valence-electron chi connectivity index (χ0n) is 9.12. The van der Waals surface area contributed by atoms with Gasteiger partial charge in [0.2, 0.25) is 5.91 Å². The average molecular weight is 233 g/mol. The highest BCUT2D eigenvalue weighted by atomic mass is 32.2. The maximum absolute atomic E-state index is 11.2. The second-order valence-electron chi connectivity index (χ2n) is 3.15. The summed E-state index contributed by atoms with van der Waals surface area (Å²) in [6, 6.07) is 0. The molecule has 0 aromatic rings. The number of unbranched alkanes of at least 4 members (excludes halogenated alkanes) is 1. The minimum Gasteiger partial charge on any atom is -0.481 e. The summed E-state index contributed by atoms with van der Waals surface area (Å²) in [6.07, 6.45) is 2.09. The number of aliphatic carboxylic acids is 1. The molecule has 4 nitrogen and oxygen atoms in total. The molecule has 0 saturated carbocycles. The molecule has 0 aliphatic carbocycles. The van der Waals surface area contributed by atoms with E-state index >= 15 is 0 Å². The van der Waals surface area contributed by atoms with Crippen LogP contribution < -0.4 is 5.32 Å². The second-order valence-corrected chi connectivity index (χ2v) is 4.54. The molecule has 0 atom stereocenters. The molecule has 0 heterocycles. The van der Waals surface area contributed by atoms with Gasteiger partial charge in [-0.2, -0.15) is 11.8 Å². The molecule has 0 aromatic carbocycles. The van der Waals surface area contributed by atoms with Gasteiger partial charge in [0.25, 0.3) is 0 Å². The Bertz CT molecular complexity index is 197. The van der Waals surface area contributed by atoms with Crippen molar-refractivity contribution in [1.82, 2.24) is 5.32 Å². The van der Waals surface area contributed by atoms with E-state index in [4.69, 9.17) is 5.11 Å². The first-order chi connectivity index (χ1) is 7.16. The Morgan fingerprint density at radius 1 is 1.27 bits per heavy atom. The molecule has 2 N–H and O–H groups in total. The summed E-state index contributed by atoms with van der Waals surface area (Å²) in [4.78, 5) is 21.4. The highest BCUT2D eigenvalue weighted by Gasteiger charge is 2.00. The molecule has 0 fully saturated rings. The monoisotopic (exact) mass is 233 g/mol. The Balaban J connectivity index is 3.20. The van der Waals surface area contributed by atoms with Crippen LogP contribution in [-0.2, 0) is 9.59 Å². The number of carbonyl (C=O) groups excluding carboxylic acids is 1. The van der Waals surface area contributed by atoms with Gasteiger partial charge in [-0.3, -0.25) is 9.59 Å². The highest BCUT2D eigenvalue weighted by molar-refractivity contribution is 7.99. The number of nitrogens with one attached hydrogen (secondary N) is 1. The predicted octanol–water partition coefficient (Wildman–Crippen LogP) is 1.50. The summed E-state index contributed by atoms with van der Waals surface area (Å²) in [5.74, 6) is 1.18. The van der Waals surface area contributed by atoms with E-state index in [9.17, 15) is 9.59 Å². The maximum Gasteiger partial charge on any atom is 0.303 e. The number of amides is 1. The molecular weight excluding hydrogens is 214 g/mol. The number of carboxylic acids is 1. The number of carbonyl (C=O) groups is 2. The largest absolute Gasteiger partial charge is 0.481 e. The standard InChI is InChI=1S/C10H19NO3S/c1-2-15-8-6-9(12)11-7-4-3-5-10(13)14/h2-8H2,1H3,(H,11,12)(H,13,14). The zero-order chi connectivity index (χ0) is 11.5. The summed E-state index contributed by atoms with van der Waals surface area (Å²) in [7, 11) is 0. The van der Waals surface area contributed by atoms with Crippen LogP contribution in [0.1, 0.15) is 32.6 Å². The van der Waals surface area contributed by atoms with Gasteiger partial charge >= 0.3 is 5.97 Å². The van der Waals surface area contributed by atoms with Crippen molar-refractivity contribution in [2.24, 2.45) is 0 Å². The lowest BCUT2D eigenvalue weighted by Crippen LogP contribution is -2.24. The van der Waals surface area contributed by atoms with Crippen molar-refractivity contribution in [3.63, 3.8) is 0 Å². The molecule has 1 amide bonds. The van der Waals surface area contributed by atoms with Crippen LogP contribution in [0.4, 0.5) is 0 Å². The molecule has 0 rings (SSSR count). The normalized spacial score (nSPS) is 9.93. The summed E-state index contributed by atoms with van der Waals surface area (Å²) in [5, 5.41) is 11.1. The lowest BCUT2D eigenvalue weighted by atomic mass is 10.2. The molecule has 0 unspecified atom stereocenters. The zero-order valence-corrected chi connectivity index (χ0v) is 9.94. The summed E-state index contributed by atoms with van der Waals surface area (Å²) < 4.78 is 0. The van der Waals surface area contributed by atoms with E-state index in [2.05, 4.69) is 12.2 Å². The Labute approximate surface area is 94.8 Å². The fourth-order valence-electron chi connectivity index (χ4n) is 1.03. The lowest BCUT2D eigenvalue weighted by molar-refractivity contribution is -0.137. The Morgan fingerprint density at radius 2 is 2.00 bits per heavy atom. The van der Waals surface area contributed by atoms with Crippen molar-refractivity contribution in [3.05, 3.63) is 0 Å². The predicted molar refractivity (Wildman–Crippen MR) is 62.1 cm³/mol. The van der Waals surface area contributed by atoms with E-state index in [0.29, 0.717) is 19.4 Å². The molecule has 0 spiro atoms. The van der Waals surface area contributed by atoms with Crippen molar-refractivity contribution in [2.45, 2.75) is 32.6 Å². The number of thioether (sulfide) groups is 1. The van der Waals surface area contributed by atoms with Gasteiger partial charge in [0.1, 0.15) is 0 Å². The Morgan fingerprint density at radius 3 is 2.60 bits per heavy atom. The van der Waals surface area contributed by atoms with Crippen LogP contribution >= 0.6 is 11.8 Å². The van der Waals surface area contributed by atoms with Crippen molar-refractivity contribution in [1.29, 1.82) is 0 Å². The van der Waals surface area contributed by atoms with Crippen LogP contribution in [-0.4, -0.2) is 35.0 Å². The number of carboxylic acid groups (broad SMARTS) is 1.